The van der Waals surface area contributed by atoms with Crippen molar-refractivity contribution in [2.24, 2.45) is 0 Å². The zero-order valence-electron chi connectivity index (χ0n) is 19.8. The number of rotatable bonds is 4. The van der Waals surface area contributed by atoms with Crippen molar-refractivity contribution in [1.29, 1.82) is 5.26 Å². The van der Waals surface area contributed by atoms with E-state index in [-0.39, 0.29) is 29.8 Å². The summed E-state index contributed by atoms with van der Waals surface area (Å²) in [5.74, 6) is -0.827. The molecule has 186 valence electrons. The lowest BCUT2D eigenvalue weighted by atomic mass is 9.90. The van der Waals surface area contributed by atoms with Gasteiger partial charge in [-0.25, -0.2) is 4.39 Å². The van der Waals surface area contributed by atoms with Crippen LogP contribution in [-0.2, 0) is 30.6 Å². The summed E-state index contributed by atoms with van der Waals surface area (Å²) in [5, 5.41) is 13.2. The largest absolute Gasteiger partial charge is 0.597 e. The predicted octanol–water partition coefficient (Wildman–Crippen LogP) is 6.34. The highest BCUT2D eigenvalue weighted by Crippen LogP contribution is 2.51. The van der Waals surface area contributed by atoms with Crippen LogP contribution in [0.2, 0.25) is 0 Å². The molecule has 0 radical (unpaired) electrons. The molecular weight excluding hydrogens is 500 g/mol. The SMILES string of the molecule is CCn1cc(-c2c(F)cccc2C2c3c(sc(C#N)c3C)CN2[S@+]([O-])C(C)(C)C)c(C(F)(F)F)n1. The highest BCUT2D eigenvalue weighted by molar-refractivity contribution is 7.90. The molecule has 0 N–H and O–H groups in total. The van der Waals surface area contributed by atoms with Gasteiger partial charge in [-0.3, -0.25) is 4.68 Å². The van der Waals surface area contributed by atoms with Gasteiger partial charge in [0, 0.05) is 40.1 Å². The zero-order chi connectivity index (χ0) is 25.9. The van der Waals surface area contributed by atoms with E-state index in [2.05, 4.69) is 11.2 Å². The summed E-state index contributed by atoms with van der Waals surface area (Å²) in [5.41, 5.74) is -0.137. The third-order valence-electron chi connectivity index (χ3n) is 5.93. The van der Waals surface area contributed by atoms with Crippen molar-refractivity contribution >= 4 is 22.7 Å². The summed E-state index contributed by atoms with van der Waals surface area (Å²) in [6.45, 7) is 9.25. The molecule has 0 fully saturated rings. The number of thiophene rings is 1. The summed E-state index contributed by atoms with van der Waals surface area (Å²) < 4.78 is 73.0. The fourth-order valence-electron chi connectivity index (χ4n) is 4.39. The maximum absolute atomic E-state index is 15.4. The quantitative estimate of drug-likeness (QED) is 0.295. The minimum absolute atomic E-state index is 0.176. The van der Waals surface area contributed by atoms with Gasteiger partial charge in [-0.1, -0.05) is 12.1 Å². The second-order valence-electron chi connectivity index (χ2n) is 9.29. The van der Waals surface area contributed by atoms with Crippen LogP contribution in [0.4, 0.5) is 17.6 Å². The maximum Gasteiger partial charge on any atom is 0.435 e. The predicted molar refractivity (Wildman–Crippen MR) is 127 cm³/mol. The lowest BCUT2D eigenvalue weighted by Crippen LogP contribution is -2.42. The van der Waals surface area contributed by atoms with E-state index < -0.39 is 39.8 Å². The van der Waals surface area contributed by atoms with Gasteiger partial charge in [-0.2, -0.15) is 23.5 Å². The van der Waals surface area contributed by atoms with E-state index in [4.69, 9.17) is 0 Å². The second-order valence-corrected chi connectivity index (χ2v) is 12.6. The lowest BCUT2D eigenvalue weighted by Gasteiger charge is -2.34. The molecule has 3 aromatic rings. The normalized spacial score (nSPS) is 17.5. The molecule has 0 spiro atoms. The number of aryl methyl sites for hydroxylation is 1. The number of halogens is 4. The third kappa shape index (κ3) is 4.37. The van der Waals surface area contributed by atoms with Crippen molar-refractivity contribution in [2.45, 2.75) is 64.7 Å². The number of alkyl halides is 3. The number of fused-ring (bicyclic) bond motifs is 1. The summed E-state index contributed by atoms with van der Waals surface area (Å²) in [6, 6.07) is 5.49. The molecule has 0 amide bonds. The van der Waals surface area contributed by atoms with Crippen LogP contribution in [-0.4, -0.2) is 23.4 Å². The van der Waals surface area contributed by atoms with Gasteiger partial charge in [0.05, 0.1) is 6.54 Å². The number of benzene rings is 1. The molecule has 2 aromatic heterocycles. The number of nitrogens with zero attached hydrogens (tertiary/aromatic N) is 4. The summed E-state index contributed by atoms with van der Waals surface area (Å²) in [7, 11) is 0. The van der Waals surface area contributed by atoms with Crippen LogP contribution in [0.5, 0.6) is 0 Å². The Balaban J connectivity index is 2.02. The topological polar surface area (TPSA) is 67.9 Å². The van der Waals surface area contributed by atoms with Crippen molar-refractivity contribution in [3.63, 3.8) is 0 Å². The molecule has 35 heavy (non-hydrogen) atoms. The van der Waals surface area contributed by atoms with Gasteiger partial charge in [-0.15, -0.1) is 15.6 Å². The fourth-order valence-corrected chi connectivity index (χ4v) is 6.97. The van der Waals surface area contributed by atoms with Crippen molar-refractivity contribution in [3.8, 4) is 17.2 Å². The van der Waals surface area contributed by atoms with Gasteiger partial charge in [0.25, 0.3) is 0 Å². The van der Waals surface area contributed by atoms with Crippen LogP contribution < -0.4 is 0 Å². The molecule has 2 atom stereocenters. The molecule has 5 nitrogen and oxygen atoms in total. The molecule has 0 aliphatic carbocycles. The Morgan fingerprint density at radius 2 is 1.97 bits per heavy atom. The number of aromatic nitrogens is 2. The number of nitriles is 1. The first-order valence-electron chi connectivity index (χ1n) is 10.9. The van der Waals surface area contributed by atoms with E-state index in [0.29, 0.717) is 16.0 Å². The third-order valence-corrected chi connectivity index (χ3v) is 8.94. The molecule has 0 saturated carbocycles. The van der Waals surface area contributed by atoms with Crippen molar-refractivity contribution in [2.75, 3.05) is 0 Å². The van der Waals surface area contributed by atoms with Gasteiger partial charge in [-0.05, 0) is 57.4 Å². The van der Waals surface area contributed by atoms with Crippen molar-refractivity contribution < 1.29 is 22.1 Å². The van der Waals surface area contributed by atoms with Crippen LogP contribution in [0.3, 0.4) is 0 Å². The van der Waals surface area contributed by atoms with Crippen molar-refractivity contribution in [1.82, 2.24) is 14.1 Å². The molecule has 1 unspecified atom stereocenters. The Hall–Kier alpha value is -2.39. The van der Waals surface area contributed by atoms with Gasteiger partial charge in [0.1, 0.15) is 27.6 Å². The average Bonchev–Trinajstić information content (AvgIpc) is 3.44. The zero-order valence-corrected chi connectivity index (χ0v) is 21.5. The first-order valence-corrected chi connectivity index (χ1v) is 12.9. The van der Waals surface area contributed by atoms with E-state index in [1.165, 1.54) is 23.6 Å². The van der Waals surface area contributed by atoms with E-state index in [1.807, 2.05) is 0 Å². The van der Waals surface area contributed by atoms with Crippen LogP contribution in [0.15, 0.2) is 24.4 Å². The standard InChI is InChI=1S/C24H24F4N4OS2/c1-6-31-11-15(22(30-31)24(26,27)28)20-14(8-7-9-16(20)25)21-19-13(2)17(10-29)34-18(19)12-32(21)35(33)23(3,4)5/h7-9,11,21H,6,12H2,1-5H3/t21?,35-/m1/s1. The van der Waals surface area contributed by atoms with Gasteiger partial charge in [0.2, 0.25) is 0 Å². The van der Waals surface area contributed by atoms with E-state index in [9.17, 15) is 23.0 Å². The second kappa shape index (κ2) is 8.92. The van der Waals surface area contributed by atoms with E-state index >= 15 is 4.39 Å². The van der Waals surface area contributed by atoms with Crippen LogP contribution in [0.1, 0.15) is 65.9 Å². The lowest BCUT2D eigenvalue weighted by molar-refractivity contribution is -0.141. The highest BCUT2D eigenvalue weighted by Gasteiger charge is 2.48. The molecule has 11 heteroatoms. The van der Waals surface area contributed by atoms with Crippen LogP contribution in [0, 0.1) is 24.1 Å². The van der Waals surface area contributed by atoms with E-state index in [1.54, 1.807) is 45.0 Å². The smallest absolute Gasteiger partial charge is 0.435 e. The summed E-state index contributed by atoms with van der Waals surface area (Å²) in [4.78, 5) is 1.28. The minimum atomic E-state index is -4.80. The van der Waals surface area contributed by atoms with E-state index in [0.717, 1.165) is 15.6 Å². The minimum Gasteiger partial charge on any atom is -0.597 e. The van der Waals surface area contributed by atoms with Gasteiger partial charge >= 0.3 is 6.18 Å². The van der Waals surface area contributed by atoms with Crippen LogP contribution >= 0.6 is 11.3 Å². The van der Waals surface area contributed by atoms with Gasteiger partial charge < -0.3 is 4.55 Å². The molecule has 0 saturated heterocycles. The molecule has 0 bridgehead atoms. The monoisotopic (exact) mass is 524 g/mol. The fraction of sp³-hybridized carbons (Fsp3) is 0.417. The molecule has 4 rings (SSSR count). The van der Waals surface area contributed by atoms with Crippen LogP contribution in [0.25, 0.3) is 11.1 Å². The maximum atomic E-state index is 15.4. The Labute approximate surface area is 208 Å². The van der Waals surface area contributed by atoms with Gasteiger partial charge in [0.15, 0.2) is 5.69 Å². The Kier molecular flexibility index (Phi) is 6.55. The highest BCUT2D eigenvalue weighted by atomic mass is 32.2. The molecule has 1 aliphatic rings. The number of hydrogen-bond donors (Lipinski definition) is 0. The Morgan fingerprint density at radius 1 is 1.29 bits per heavy atom. The average molecular weight is 525 g/mol. The summed E-state index contributed by atoms with van der Waals surface area (Å²) in [6.07, 6.45) is -3.59. The Bertz CT molecular complexity index is 1320. The number of hydrogen-bond acceptors (Lipinski definition) is 5. The first-order chi connectivity index (χ1) is 16.3. The summed E-state index contributed by atoms with van der Waals surface area (Å²) >= 11 is -0.291. The Morgan fingerprint density at radius 3 is 2.54 bits per heavy atom. The van der Waals surface area contributed by atoms with Crippen molar-refractivity contribution in [3.05, 3.63) is 62.4 Å². The molecule has 1 aliphatic heterocycles. The molecule has 3 heterocycles. The molecule has 1 aromatic carbocycles. The molecular formula is C24H24F4N4OS2. The first kappa shape index (κ1) is 25.7.